The van der Waals surface area contributed by atoms with Crippen LogP contribution in [0.5, 0.6) is 5.75 Å². The summed E-state index contributed by atoms with van der Waals surface area (Å²) >= 11 is 0. The predicted octanol–water partition coefficient (Wildman–Crippen LogP) is 6.65. The molecule has 0 aliphatic heterocycles. The van der Waals surface area contributed by atoms with Gasteiger partial charge in [0.15, 0.2) is 17.7 Å². The largest absolute Gasteiger partial charge is 0.490 e. The lowest BCUT2D eigenvalue weighted by Gasteiger charge is -2.28. The molecule has 0 unspecified atom stereocenters. The molecule has 0 radical (unpaired) electrons. The van der Waals surface area contributed by atoms with E-state index >= 15 is 4.39 Å². The van der Waals surface area contributed by atoms with E-state index in [0.29, 0.717) is 34.6 Å². The average molecular weight is 485 g/mol. The number of carbonyl (C=O) groups is 1. The van der Waals surface area contributed by atoms with Gasteiger partial charge in [-0.2, -0.15) is 0 Å². The zero-order valence-electron chi connectivity index (χ0n) is 22.5. The maximum Gasteiger partial charge on any atom is 0.337 e. The van der Waals surface area contributed by atoms with Crippen molar-refractivity contribution >= 4 is 17.0 Å². The van der Waals surface area contributed by atoms with E-state index in [2.05, 4.69) is 0 Å². The fourth-order valence-electron chi connectivity index (χ4n) is 4.57. The molecule has 0 spiro atoms. The molecular weight excluding hydrogens is 447 g/mol. The van der Waals surface area contributed by atoms with Gasteiger partial charge < -0.3 is 19.1 Å². The van der Waals surface area contributed by atoms with Gasteiger partial charge in [0.05, 0.1) is 12.2 Å². The number of hydrogen-bond acceptors (Lipinski definition) is 4. The molecule has 1 N–H and O–H groups in total. The van der Waals surface area contributed by atoms with Crippen molar-refractivity contribution in [3.05, 3.63) is 45.5 Å². The van der Waals surface area contributed by atoms with Crippen LogP contribution in [0.3, 0.4) is 0 Å². The van der Waals surface area contributed by atoms with Gasteiger partial charge in [0.1, 0.15) is 5.65 Å². The molecule has 7 heteroatoms. The fraction of sp³-hybridized carbons (Fsp3) is 0.500. The highest BCUT2D eigenvalue weighted by atomic mass is 19.1. The minimum atomic E-state index is -1.28. The molecule has 35 heavy (non-hydrogen) atoms. The van der Waals surface area contributed by atoms with Crippen LogP contribution in [0.4, 0.5) is 4.39 Å². The highest BCUT2D eigenvalue weighted by Gasteiger charge is 2.34. The number of aliphatic carboxylic acids is 1. The Kier molecular flexibility index (Phi) is 7.32. The molecule has 1 aromatic carbocycles. The van der Waals surface area contributed by atoms with Crippen LogP contribution in [0.1, 0.15) is 73.9 Å². The quantitative estimate of drug-likeness (QED) is 0.406. The second-order valence-electron chi connectivity index (χ2n) is 10.2. The summed E-state index contributed by atoms with van der Waals surface area (Å²) < 4.78 is 29.2. The van der Waals surface area contributed by atoms with Gasteiger partial charge in [0.25, 0.3) is 0 Å². The Bertz CT molecular complexity index is 1300. The van der Waals surface area contributed by atoms with Gasteiger partial charge in [-0.25, -0.2) is 14.2 Å². The Labute approximate surface area is 207 Å². The van der Waals surface area contributed by atoms with E-state index in [9.17, 15) is 9.90 Å². The molecule has 3 rings (SSSR count). The number of rotatable bonds is 7. The first kappa shape index (κ1) is 26.7. The number of ether oxygens (including phenoxy) is 2. The summed E-state index contributed by atoms with van der Waals surface area (Å²) in [4.78, 5) is 17.4. The number of nitrogens with zero attached hydrogens (tertiary/aromatic N) is 2. The summed E-state index contributed by atoms with van der Waals surface area (Å²) in [7, 11) is 1.93. The Morgan fingerprint density at radius 3 is 2.31 bits per heavy atom. The molecule has 190 valence electrons. The van der Waals surface area contributed by atoms with E-state index in [-0.39, 0.29) is 5.75 Å². The average Bonchev–Trinajstić information content (AvgIpc) is 2.97. The maximum absolute atomic E-state index is 15.5. The summed E-state index contributed by atoms with van der Waals surface area (Å²) in [6.45, 7) is 17.4. The molecule has 3 aromatic rings. The van der Waals surface area contributed by atoms with Crippen LogP contribution in [0.25, 0.3) is 22.2 Å². The van der Waals surface area contributed by atoms with Crippen LogP contribution in [0.15, 0.2) is 6.07 Å². The first-order valence-electron chi connectivity index (χ1n) is 12.0. The molecule has 2 aromatic heterocycles. The fourth-order valence-corrected chi connectivity index (χ4v) is 4.57. The Morgan fingerprint density at radius 1 is 1.14 bits per heavy atom. The summed E-state index contributed by atoms with van der Waals surface area (Å²) in [5.74, 6) is -1.36. The Hall–Kier alpha value is -2.93. The standard InChI is InChI=1S/C28H37FN2O4/c1-11-12-34-24-15(3)14(2)19(13-20(24)29)23-21-16(4)18(6)31(10)26(21)30-17(5)22(23)25(27(32)33)35-28(7,8)9/h13,25H,11-12H2,1-10H3,(H,32,33)/t25-/m0/s1. The minimum absolute atomic E-state index is 0.235. The van der Waals surface area contributed by atoms with Crippen LogP contribution >= 0.6 is 0 Å². The third-order valence-corrected chi connectivity index (χ3v) is 6.62. The van der Waals surface area contributed by atoms with Gasteiger partial charge in [-0.05, 0) is 90.1 Å². The van der Waals surface area contributed by atoms with Crippen molar-refractivity contribution in [1.29, 1.82) is 0 Å². The van der Waals surface area contributed by atoms with Gasteiger partial charge in [-0.1, -0.05) is 6.92 Å². The van der Waals surface area contributed by atoms with E-state index in [4.69, 9.17) is 14.5 Å². The molecule has 0 amide bonds. The second-order valence-corrected chi connectivity index (χ2v) is 10.2. The molecule has 0 aliphatic rings. The van der Waals surface area contributed by atoms with E-state index in [1.54, 1.807) is 6.92 Å². The van der Waals surface area contributed by atoms with Crippen LogP contribution in [0, 0.1) is 40.4 Å². The summed E-state index contributed by atoms with van der Waals surface area (Å²) in [5.41, 5.74) is 5.73. The molecule has 6 nitrogen and oxygen atoms in total. The molecule has 0 saturated heterocycles. The first-order valence-corrected chi connectivity index (χ1v) is 12.0. The number of halogens is 1. The van der Waals surface area contributed by atoms with Crippen molar-refractivity contribution < 1.29 is 23.8 Å². The number of benzene rings is 1. The number of aryl methyl sites for hydroxylation is 3. The predicted molar refractivity (Wildman–Crippen MR) is 137 cm³/mol. The third-order valence-electron chi connectivity index (χ3n) is 6.62. The second kappa shape index (κ2) is 9.61. The number of pyridine rings is 1. The number of aromatic nitrogens is 2. The van der Waals surface area contributed by atoms with E-state index in [1.807, 2.05) is 67.0 Å². The Balaban J connectivity index is 2.52. The van der Waals surface area contributed by atoms with Crippen LogP contribution in [-0.2, 0) is 16.6 Å². The lowest BCUT2D eigenvalue weighted by atomic mass is 9.87. The summed E-state index contributed by atoms with van der Waals surface area (Å²) in [5, 5.41) is 11.1. The van der Waals surface area contributed by atoms with Crippen molar-refractivity contribution in [3.8, 4) is 16.9 Å². The monoisotopic (exact) mass is 484 g/mol. The molecule has 0 saturated carbocycles. The molecule has 0 fully saturated rings. The normalized spacial score (nSPS) is 12.9. The molecular formula is C28H37FN2O4. The van der Waals surface area contributed by atoms with Crippen LogP contribution < -0.4 is 4.74 Å². The highest BCUT2D eigenvalue weighted by molar-refractivity contribution is 6.01. The number of carboxylic acids is 1. The summed E-state index contributed by atoms with van der Waals surface area (Å²) in [6.07, 6.45) is -0.512. The third kappa shape index (κ3) is 4.79. The maximum atomic E-state index is 15.5. The zero-order valence-corrected chi connectivity index (χ0v) is 22.5. The van der Waals surface area contributed by atoms with E-state index in [0.717, 1.165) is 34.3 Å². The van der Waals surface area contributed by atoms with Crippen LogP contribution in [-0.4, -0.2) is 32.8 Å². The van der Waals surface area contributed by atoms with E-state index in [1.165, 1.54) is 6.07 Å². The minimum Gasteiger partial charge on any atom is -0.490 e. The van der Waals surface area contributed by atoms with Crippen LogP contribution in [0.2, 0.25) is 0 Å². The van der Waals surface area contributed by atoms with Crippen molar-refractivity contribution in [2.45, 2.75) is 80.4 Å². The lowest BCUT2D eigenvalue weighted by molar-refractivity contribution is -0.160. The number of fused-ring (bicyclic) bond motifs is 1. The van der Waals surface area contributed by atoms with Gasteiger partial charge in [0, 0.05) is 34.9 Å². The SMILES string of the molecule is CCCOc1c(F)cc(-c2c([C@H](OC(C)(C)C)C(=O)O)c(C)nc3c2c(C)c(C)n3C)c(C)c1C. The highest BCUT2D eigenvalue weighted by Crippen LogP contribution is 2.44. The van der Waals surface area contributed by atoms with Gasteiger partial charge in [-0.15, -0.1) is 0 Å². The van der Waals surface area contributed by atoms with Gasteiger partial charge in [0.2, 0.25) is 0 Å². The van der Waals surface area contributed by atoms with E-state index < -0.39 is 23.5 Å². The molecule has 1 atom stereocenters. The lowest BCUT2D eigenvalue weighted by Crippen LogP contribution is -2.28. The van der Waals surface area contributed by atoms with Crippen molar-refractivity contribution in [3.63, 3.8) is 0 Å². The Morgan fingerprint density at radius 2 is 1.77 bits per heavy atom. The van der Waals surface area contributed by atoms with Crippen molar-refractivity contribution in [2.24, 2.45) is 7.05 Å². The zero-order chi connectivity index (χ0) is 26.4. The van der Waals surface area contributed by atoms with Gasteiger partial charge >= 0.3 is 5.97 Å². The van der Waals surface area contributed by atoms with Crippen molar-refractivity contribution in [1.82, 2.24) is 9.55 Å². The molecule has 0 aliphatic carbocycles. The molecule has 2 heterocycles. The summed E-state index contributed by atoms with van der Waals surface area (Å²) in [6, 6.07) is 1.46. The molecule has 0 bridgehead atoms. The number of hydrogen-bond donors (Lipinski definition) is 1. The van der Waals surface area contributed by atoms with Gasteiger partial charge in [-0.3, -0.25) is 0 Å². The first-order chi connectivity index (χ1) is 16.2. The smallest absolute Gasteiger partial charge is 0.337 e. The van der Waals surface area contributed by atoms with Crippen molar-refractivity contribution in [2.75, 3.05) is 6.61 Å². The number of carboxylic acid groups (broad SMARTS) is 1. The topological polar surface area (TPSA) is 73.6 Å².